The second kappa shape index (κ2) is 11.5. The molecule has 42 heavy (non-hydrogen) atoms. The Morgan fingerprint density at radius 3 is 0.976 bits per heavy atom. The molecule has 0 radical (unpaired) electrons. The molecule has 6 aromatic rings. The Bertz CT molecular complexity index is 1820. The highest BCUT2D eigenvalue weighted by molar-refractivity contribution is 7.96. The van der Waals surface area contributed by atoms with Crippen LogP contribution in [0.3, 0.4) is 0 Å². The van der Waals surface area contributed by atoms with Crippen molar-refractivity contribution in [2.75, 3.05) is 0 Å². The molecule has 0 nitrogen and oxygen atoms in total. The molecule has 1 aliphatic rings. The highest BCUT2D eigenvalue weighted by Crippen LogP contribution is 2.55. The third kappa shape index (κ3) is 4.51. The first-order chi connectivity index (χ1) is 20.9. The van der Waals surface area contributed by atoms with Crippen LogP contribution in [0.2, 0.25) is 0 Å². The Morgan fingerprint density at radius 1 is 0.286 bits per heavy atom. The molecule has 0 amide bonds. The molecule has 0 atom stereocenters. The summed E-state index contributed by atoms with van der Waals surface area (Å²) in [5.74, 6) is 0. The quantitative estimate of drug-likeness (QED) is 0.180. The summed E-state index contributed by atoms with van der Waals surface area (Å²) in [5.41, 5.74) is 7.56. The Labute approximate surface area is 248 Å². The van der Waals surface area contributed by atoms with Gasteiger partial charge >= 0.3 is 0 Å². The lowest BCUT2D eigenvalue weighted by Gasteiger charge is -2.32. The predicted octanol–water partition coefficient (Wildman–Crippen LogP) is 8.86. The van der Waals surface area contributed by atoms with E-state index in [0.717, 1.165) is 0 Å². The van der Waals surface area contributed by atoms with E-state index in [1.807, 2.05) is 0 Å². The Hall–Kier alpha value is -4.90. The molecule has 0 bridgehead atoms. The van der Waals surface area contributed by atoms with Crippen molar-refractivity contribution in [1.82, 2.24) is 0 Å². The summed E-state index contributed by atoms with van der Waals surface area (Å²) >= 11 is 0. The van der Waals surface area contributed by atoms with Crippen LogP contribution in [0.15, 0.2) is 188 Å². The van der Waals surface area contributed by atoms with Gasteiger partial charge in [-0.05, 0) is 67.6 Å². The highest BCUT2D eigenvalue weighted by atomic mass is 31.2. The fourth-order valence-corrected chi connectivity index (χ4v) is 10.8. The predicted molar refractivity (Wildman–Crippen MR) is 184 cm³/mol. The van der Waals surface area contributed by atoms with Gasteiger partial charge in [0.05, 0.1) is 0 Å². The van der Waals surface area contributed by atoms with Gasteiger partial charge < -0.3 is 0 Å². The normalized spacial score (nSPS) is 13.2. The van der Waals surface area contributed by atoms with Crippen molar-refractivity contribution < 1.29 is 0 Å². The summed E-state index contributed by atoms with van der Waals surface area (Å²) in [6.45, 7) is -2.36. The van der Waals surface area contributed by atoms with Gasteiger partial charge in [-0.1, -0.05) is 182 Å². The molecule has 0 heterocycles. The van der Waals surface area contributed by atoms with E-state index in [-0.39, 0.29) is 0 Å². The molecule has 6 aromatic carbocycles. The van der Waals surface area contributed by atoms with Crippen LogP contribution in [0.25, 0.3) is 16.7 Å². The van der Waals surface area contributed by atoms with E-state index in [9.17, 15) is 0 Å². The Morgan fingerprint density at radius 2 is 0.595 bits per heavy atom. The number of hydrogen-bond donors (Lipinski definition) is 0. The van der Waals surface area contributed by atoms with Gasteiger partial charge in [0.25, 0.3) is 0 Å². The molecule has 0 saturated heterocycles. The van der Waals surface area contributed by atoms with E-state index in [4.69, 9.17) is 0 Å². The average Bonchev–Trinajstić information content (AvgIpc) is 3.49. The van der Waals surface area contributed by atoms with Gasteiger partial charge in [0.1, 0.15) is 0 Å². The maximum Gasteiger partial charge on any atom is -0.00156 e. The van der Waals surface area contributed by atoms with Crippen LogP contribution in [0.5, 0.6) is 0 Å². The standard InChI is InChI=1S/C41H31P/c1-7-19-32(20-8-1)38-31-39(41(34-23-11-3-12-24-34)40(38)33-21-9-2-10-22-33)42(35-25-13-4-14-26-35,36-27-15-5-16-28-36)37-29-17-6-18-30-37/h1-31H. The summed E-state index contributed by atoms with van der Waals surface area (Å²) in [6, 6.07) is 66.3. The minimum atomic E-state index is -2.36. The van der Waals surface area contributed by atoms with Crippen LogP contribution in [-0.2, 0) is 0 Å². The van der Waals surface area contributed by atoms with Crippen molar-refractivity contribution in [2.24, 2.45) is 0 Å². The molecule has 0 fully saturated rings. The number of allylic oxidation sites excluding steroid dienone is 4. The maximum atomic E-state index is 2.51. The van der Waals surface area contributed by atoms with Crippen molar-refractivity contribution in [3.63, 3.8) is 0 Å². The van der Waals surface area contributed by atoms with Crippen LogP contribution in [-0.4, -0.2) is 5.29 Å². The molecule has 1 heteroatoms. The number of benzene rings is 6. The van der Waals surface area contributed by atoms with E-state index in [2.05, 4.69) is 188 Å². The van der Waals surface area contributed by atoms with E-state index in [1.165, 1.54) is 54.6 Å². The maximum absolute atomic E-state index is 2.51. The van der Waals surface area contributed by atoms with Gasteiger partial charge in [0.15, 0.2) is 0 Å². The lowest BCUT2D eigenvalue weighted by molar-refractivity contribution is 1.59. The van der Waals surface area contributed by atoms with Crippen LogP contribution < -0.4 is 15.9 Å². The van der Waals surface area contributed by atoms with Crippen LogP contribution >= 0.6 is 6.89 Å². The van der Waals surface area contributed by atoms with Crippen LogP contribution in [0, 0.1) is 0 Å². The van der Waals surface area contributed by atoms with Crippen LogP contribution in [0.1, 0.15) is 16.7 Å². The van der Waals surface area contributed by atoms with Gasteiger partial charge in [-0.3, -0.25) is 0 Å². The first kappa shape index (κ1) is 26.0. The number of rotatable bonds is 6. The molecule has 7 rings (SSSR count). The summed E-state index contributed by atoms with van der Waals surface area (Å²) in [6.07, 6.45) is 2.51. The third-order valence-corrected chi connectivity index (χ3v) is 12.4. The smallest absolute Gasteiger partial charge is 0.00156 e. The van der Waals surface area contributed by atoms with E-state index in [0.29, 0.717) is 0 Å². The van der Waals surface area contributed by atoms with E-state index < -0.39 is 6.89 Å². The molecular formula is C41H31P. The van der Waals surface area contributed by atoms with Gasteiger partial charge in [-0.2, -0.15) is 0 Å². The fourth-order valence-electron chi connectivity index (χ4n) is 6.27. The minimum absolute atomic E-state index is 1.23. The summed E-state index contributed by atoms with van der Waals surface area (Å²) < 4.78 is 0. The summed E-state index contributed by atoms with van der Waals surface area (Å²) in [5, 5.41) is 5.44. The number of hydrogen-bond acceptors (Lipinski definition) is 0. The zero-order chi connectivity index (χ0) is 28.2. The second-order valence-corrected chi connectivity index (χ2v) is 13.8. The highest BCUT2D eigenvalue weighted by Gasteiger charge is 2.36. The van der Waals surface area contributed by atoms with Crippen molar-refractivity contribution >= 4 is 44.8 Å². The molecule has 0 aromatic heterocycles. The lowest BCUT2D eigenvalue weighted by atomic mass is 9.90. The van der Waals surface area contributed by atoms with Crippen molar-refractivity contribution in [3.05, 3.63) is 205 Å². The zero-order valence-corrected chi connectivity index (χ0v) is 24.2. The first-order valence-electron chi connectivity index (χ1n) is 14.4. The van der Waals surface area contributed by atoms with Gasteiger partial charge in [-0.15, -0.1) is 0 Å². The Kier molecular flexibility index (Phi) is 7.15. The fraction of sp³-hybridized carbons (Fsp3) is 0. The molecule has 0 saturated carbocycles. The Balaban J connectivity index is 1.76. The minimum Gasteiger partial charge on any atom is -0.0622 e. The molecule has 0 aliphatic heterocycles. The molecular weight excluding hydrogens is 523 g/mol. The van der Waals surface area contributed by atoms with Gasteiger partial charge in [0.2, 0.25) is 0 Å². The van der Waals surface area contributed by atoms with Crippen molar-refractivity contribution in [2.45, 2.75) is 0 Å². The second-order valence-electron chi connectivity index (χ2n) is 10.5. The average molecular weight is 555 g/mol. The monoisotopic (exact) mass is 554 g/mol. The van der Waals surface area contributed by atoms with Gasteiger partial charge in [-0.25, -0.2) is 0 Å². The molecule has 1 aliphatic carbocycles. The lowest BCUT2D eigenvalue weighted by Crippen LogP contribution is -2.30. The summed E-state index contributed by atoms with van der Waals surface area (Å²) in [4.78, 5) is 0. The summed E-state index contributed by atoms with van der Waals surface area (Å²) in [7, 11) is 0. The zero-order valence-electron chi connectivity index (χ0n) is 23.3. The first-order valence-corrected chi connectivity index (χ1v) is 16.2. The van der Waals surface area contributed by atoms with Crippen LogP contribution in [0.4, 0.5) is 0 Å². The molecule has 0 N–H and O–H groups in total. The molecule has 200 valence electrons. The van der Waals surface area contributed by atoms with E-state index in [1.54, 1.807) is 0 Å². The van der Waals surface area contributed by atoms with Crippen molar-refractivity contribution in [1.29, 1.82) is 0 Å². The largest absolute Gasteiger partial charge is 0.0622 e. The third-order valence-electron chi connectivity index (χ3n) is 8.06. The van der Waals surface area contributed by atoms with Gasteiger partial charge in [0, 0.05) is 0 Å². The molecule has 0 spiro atoms. The topological polar surface area (TPSA) is 0 Å². The van der Waals surface area contributed by atoms with E-state index >= 15 is 0 Å². The molecule has 0 unspecified atom stereocenters. The van der Waals surface area contributed by atoms with Crippen molar-refractivity contribution in [3.8, 4) is 0 Å². The SMILES string of the molecule is C1=C(c2ccccc2)C(c2ccccc2)=C(c2ccccc2)C1=P(c1ccccc1)(c1ccccc1)c1ccccc1.